The summed E-state index contributed by atoms with van der Waals surface area (Å²) < 4.78 is 42.0. The molecule has 1 aliphatic carbocycles. The van der Waals surface area contributed by atoms with Gasteiger partial charge in [-0.25, -0.2) is 13.2 Å². The van der Waals surface area contributed by atoms with Crippen LogP contribution < -0.4 is 0 Å². The van der Waals surface area contributed by atoms with E-state index in [4.69, 9.17) is 0 Å². The lowest BCUT2D eigenvalue weighted by molar-refractivity contribution is 0.488. The highest BCUT2D eigenvalue weighted by molar-refractivity contribution is 5.46. The van der Waals surface area contributed by atoms with Crippen LogP contribution in [-0.2, 0) is 6.42 Å². The molecule has 3 aromatic carbocycles. The monoisotopic (exact) mass is 380 g/mol. The molecule has 0 spiro atoms. The quantitative estimate of drug-likeness (QED) is 0.455. The first-order valence-electron chi connectivity index (χ1n) is 9.77. The maximum absolute atomic E-state index is 14.5. The van der Waals surface area contributed by atoms with Crippen molar-refractivity contribution in [3.05, 3.63) is 106 Å². The third kappa shape index (κ3) is 3.46. The number of rotatable bonds is 3. The molecule has 1 aliphatic rings. The van der Waals surface area contributed by atoms with E-state index in [0.717, 1.165) is 23.6 Å². The number of fused-ring (bicyclic) bond motifs is 1. The summed E-state index contributed by atoms with van der Waals surface area (Å²) in [6, 6.07) is 17.2. The molecule has 2 unspecified atom stereocenters. The molecular formula is C25H23F3. The first-order chi connectivity index (χ1) is 13.4. The number of halogens is 3. The van der Waals surface area contributed by atoms with Crippen LogP contribution in [-0.4, -0.2) is 0 Å². The molecule has 0 saturated carbocycles. The number of benzene rings is 3. The van der Waals surface area contributed by atoms with E-state index in [1.807, 2.05) is 0 Å². The fourth-order valence-corrected chi connectivity index (χ4v) is 4.42. The van der Waals surface area contributed by atoms with Crippen LogP contribution in [0, 0.1) is 17.5 Å². The van der Waals surface area contributed by atoms with Gasteiger partial charge in [0.25, 0.3) is 0 Å². The molecule has 0 radical (unpaired) electrons. The van der Waals surface area contributed by atoms with Crippen LogP contribution in [0.5, 0.6) is 0 Å². The van der Waals surface area contributed by atoms with Gasteiger partial charge in [-0.05, 0) is 70.7 Å². The minimum Gasteiger partial charge on any atom is -0.207 e. The predicted molar refractivity (Wildman–Crippen MR) is 106 cm³/mol. The van der Waals surface area contributed by atoms with Gasteiger partial charge < -0.3 is 0 Å². The van der Waals surface area contributed by atoms with Crippen molar-refractivity contribution in [2.75, 3.05) is 0 Å². The lowest BCUT2D eigenvalue weighted by atomic mass is 9.69. The van der Waals surface area contributed by atoms with E-state index < -0.39 is 11.6 Å². The van der Waals surface area contributed by atoms with Crippen molar-refractivity contribution in [1.29, 1.82) is 0 Å². The Labute approximate surface area is 164 Å². The zero-order chi connectivity index (χ0) is 19.8. The summed E-state index contributed by atoms with van der Waals surface area (Å²) in [6.07, 6.45) is 1.28. The van der Waals surface area contributed by atoms with E-state index in [-0.39, 0.29) is 17.7 Å². The van der Waals surface area contributed by atoms with Gasteiger partial charge in [-0.3, -0.25) is 0 Å². The number of hydrogen-bond donors (Lipinski definition) is 0. The molecule has 0 fully saturated rings. The molecule has 4 rings (SSSR count). The highest BCUT2D eigenvalue weighted by Gasteiger charge is 2.34. The summed E-state index contributed by atoms with van der Waals surface area (Å²) in [6.45, 7) is 4.27. The molecule has 3 aromatic rings. The summed E-state index contributed by atoms with van der Waals surface area (Å²) in [5.74, 6) is -1.03. The van der Waals surface area contributed by atoms with Gasteiger partial charge in [0.1, 0.15) is 17.5 Å². The van der Waals surface area contributed by atoms with E-state index in [1.54, 1.807) is 12.1 Å². The van der Waals surface area contributed by atoms with Gasteiger partial charge in [0.15, 0.2) is 0 Å². The van der Waals surface area contributed by atoms with Crippen LogP contribution >= 0.6 is 0 Å². The molecule has 3 heteroatoms. The topological polar surface area (TPSA) is 0 Å². The Morgan fingerprint density at radius 3 is 2.07 bits per heavy atom. The maximum Gasteiger partial charge on any atom is 0.129 e. The molecule has 0 N–H and O–H groups in total. The van der Waals surface area contributed by atoms with Gasteiger partial charge in [0, 0.05) is 12.0 Å². The van der Waals surface area contributed by atoms with Crippen LogP contribution in [0.4, 0.5) is 13.2 Å². The van der Waals surface area contributed by atoms with Gasteiger partial charge in [0.2, 0.25) is 0 Å². The van der Waals surface area contributed by atoms with E-state index >= 15 is 0 Å². The van der Waals surface area contributed by atoms with Crippen molar-refractivity contribution in [3.63, 3.8) is 0 Å². The van der Waals surface area contributed by atoms with Crippen LogP contribution in [0.3, 0.4) is 0 Å². The summed E-state index contributed by atoms with van der Waals surface area (Å²) >= 11 is 0. The molecule has 0 bridgehead atoms. The van der Waals surface area contributed by atoms with Crippen LogP contribution in [0.1, 0.15) is 65.8 Å². The third-order valence-electron chi connectivity index (χ3n) is 5.90. The smallest absolute Gasteiger partial charge is 0.129 e. The minimum absolute atomic E-state index is 0.0409. The van der Waals surface area contributed by atoms with Crippen molar-refractivity contribution in [3.8, 4) is 0 Å². The van der Waals surface area contributed by atoms with Crippen molar-refractivity contribution in [1.82, 2.24) is 0 Å². The Balaban J connectivity index is 1.86. The average Bonchev–Trinajstić information content (AvgIpc) is 2.68. The van der Waals surface area contributed by atoms with Crippen molar-refractivity contribution < 1.29 is 13.2 Å². The van der Waals surface area contributed by atoms with Gasteiger partial charge in [-0.2, -0.15) is 0 Å². The second kappa shape index (κ2) is 7.46. The second-order valence-electron chi connectivity index (χ2n) is 7.95. The largest absolute Gasteiger partial charge is 0.207 e. The highest BCUT2D eigenvalue weighted by Crippen LogP contribution is 2.47. The molecule has 0 amide bonds. The SMILES string of the molecule is CC(C)c1ccc(C2c3cc(F)cc(F)c3CCC2c2ccc(F)cc2)cc1. The van der Waals surface area contributed by atoms with E-state index in [1.165, 1.54) is 23.8 Å². The fourth-order valence-electron chi connectivity index (χ4n) is 4.42. The minimum atomic E-state index is -0.556. The Kier molecular flexibility index (Phi) is 5.01. The summed E-state index contributed by atoms with van der Waals surface area (Å²) in [5, 5.41) is 0. The van der Waals surface area contributed by atoms with E-state index in [0.29, 0.717) is 23.5 Å². The molecule has 2 atom stereocenters. The van der Waals surface area contributed by atoms with Crippen LogP contribution in [0.25, 0.3) is 0 Å². The number of hydrogen-bond acceptors (Lipinski definition) is 0. The molecule has 0 saturated heterocycles. The molecule has 0 heterocycles. The van der Waals surface area contributed by atoms with Gasteiger partial charge >= 0.3 is 0 Å². The molecular weight excluding hydrogens is 357 g/mol. The highest BCUT2D eigenvalue weighted by atomic mass is 19.1. The van der Waals surface area contributed by atoms with Crippen molar-refractivity contribution in [2.45, 2.75) is 44.4 Å². The van der Waals surface area contributed by atoms with Crippen molar-refractivity contribution >= 4 is 0 Å². The Hall–Kier alpha value is -2.55. The van der Waals surface area contributed by atoms with Crippen LogP contribution in [0.2, 0.25) is 0 Å². The summed E-state index contributed by atoms with van der Waals surface area (Å²) in [5.41, 5.74) is 4.55. The zero-order valence-electron chi connectivity index (χ0n) is 16.1. The second-order valence-corrected chi connectivity index (χ2v) is 7.95. The summed E-state index contributed by atoms with van der Waals surface area (Å²) in [4.78, 5) is 0. The lowest BCUT2D eigenvalue weighted by Crippen LogP contribution is -2.22. The zero-order valence-corrected chi connectivity index (χ0v) is 16.1. The Morgan fingerprint density at radius 1 is 0.786 bits per heavy atom. The van der Waals surface area contributed by atoms with Gasteiger partial charge in [-0.15, -0.1) is 0 Å². The first-order valence-corrected chi connectivity index (χ1v) is 9.77. The third-order valence-corrected chi connectivity index (χ3v) is 5.90. The van der Waals surface area contributed by atoms with Gasteiger partial charge in [-0.1, -0.05) is 50.2 Å². The Bertz CT molecular complexity index is 972. The predicted octanol–water partition coefficient (Wildman–Crippen LogP) is 7.09. The van der Waals surface area contributed by atoms with Gasteiger partial charge in [0.05, 0.1) is 0 Å². The average molecular weight is 380 g/mol. The standard InChI is InChI=1S/C25H23F3/c1-15(2)16-3-5-18(6-4-16)25-21(17-7-9-19(26)10-8-17)11-12-22-23(25)13-20(27)14-24(22)28/h3-10,13-15,21,25H,11-12H2,1-2H3. The van der Waals surface area contributed by atoms with Crippen molar-refractivity contribution in [2.24, 2.45) is 0 Å². The molecule has 0 nitrogen and oxygen atoms in total. The molecule has 0 aromatic heterocycles. The lowest BCUT2D eigenvalue weighted by Gasteiger charge is -2.35. The maximum atomic E-state index is 14.5. The molecule has 28 heavy (non-hydrogen) atoms. The summed E-state index contributed by atoms with van der Waals surface area (Å²) in [7, 11) is 0. The normalized spacial score (nSPS) is 18.9. The van der Waals surface area contributed by atoms with E-state index in [9.17, 15) is 13.2 Å². The first kappa shape index (κ1) is 18.8. The molecule has 144 valence electrons. The molecule has 0 aliphatic heterocycles. The fraction of sp³-hybridized carbons (Fsp3) is 0.280. The Morgan fingerprint density at radius 2 is 1.43 bits per heavy atom. The van der Waals surface area contributed by atoms with E-state index in [2.05, 4.69) is 38.1 Å². The van der Waals surface area contributed by atoms with Crippen LogP contribution in [0.15, 0.2) is 60.7 Å².